The third-order valence-electron chi connectivity index (χ3n) is 2.58. The molecule has 0 aliphatic carbocycles. The summed E-state index contributed by atoms with van der Waals surface area (Å²) < 4.78 is 1.83. The normalized spacial score (nSPS) is 10.2. The van der Waals surface area contributed by atoms with Gasteiger partial charge in [-0.15, -0.1) is 0 Å². The highest BCUT2D eigenvalue weighted by atomic mass is 32.2. The number of para-hydroxylation sites is 1. The molecule has 0 spiro atoms. The van der Waals surface area contributed by atoms with Crippen LogP contribution < -0.4 is 11.1 Å². The number of thioether (sulfide) groups is 1. The number of anilines is 1. The fourth-order valence-electron chi connectivity index (χ4n) is 1.61. The summed E-state index contributed by atoms with van der Waals surface area (Å²) in [6.45, 7) is 0. The van der Waals surface area contributed by atoms with Crippen LogP contribution in [0.5, 0.6) is 0 Å². The van der Waals surface area contributed by atoms with Crippen molar-refractivity contribution in [3.8, 4) is 0 Å². The number of rotatable bonds is 5. The first kappa shape index (κ1) is 14.1. The Labute approximate surface area is 120 Å². The van der Waals surface area contributed by atoms with Crippen LogP contribution >= 0.6 is 11.8 Å². The van der Waals surface area contributed by atoms with Crippen LogP contribution in [0.25, 0.3) is 0 Å². The van der Waals surface area contributed by atoms with Gasteiger partial charge in [0.15, 0.2) is 5.16 Å². The first-order valence-corrected chi connectivity index (χ1v) is 6.85. The van der Waals surface area contributed by atoms with Crippen molar-refractivity contribution in [3.05, 3.63) is 42.2 Å². The summed E-state index contributed by atoms with van der Waals surface area (Å²) >= 11 is 1.32. The Bertz CT molecular complexity index is 639. The second kappa shape index (κ2) is 6.25. The molecule has 6 nitrogen and oxygen atoms in total. The van der Waals surface area contributed by atoms with E-state index in [2.05, 4.69) is 10.3 Å². The molecular formula is C13H14N4O2S. The molecular weight excluding hydrogens is 276 g/mol. The Morgan fingerprint density at radius 2 is 2.15 bits per heavy atom. The number of amides is 2. The van der Waals surface area contributed by atoms with E-state index in [1.54, 1.807) is 30.5 Å². The average Bonchev–Trinajstić information content (AvgIpc) is 2.82. The number of aromatic nitrogens is 2. The Kier molecular flexibility index (Phi) is 4.41. The number of hydrogen-bond donors (Lipinski definition) is 2. The fraction of sp³-hybridized carbons (Fsp3) is 0.154. The van der Waals surface area contributed by atoms with E-state index in [1.165, 1.54) is 11.8 Å². The largest absolute Gasteiger partial charge is 0.366 e. The van der Waals surface area contributed by atoms with Gasteiger partial charge in [-0.1, -0.05) is 23.9 Å². The van der Waals surface area contributed by atoms with Crippen LogP contribution in [0, 0.1) is 0 Å². The van der Waals surface area contributed by atoms with Crippen LogP contribution in [0.2, 0.25) is 0 Å². The van der Waals surface area contributed by atoms with Crippen molar-refractivity contribution in [2.45, 2.75) is 5.16 Å². The van der Waals surface area contributed by atoms with Crippen LogP contribution in [0.1, 0.15) is 10.4 Å². The zero-order chi connectivity index (χ0) is 14.5. The number of carbonyl (C=O) groups excluding carboxylic acids is 2. The van der Waals surface area contributed by atoms with E-state index in [-0.39, 0.29) is 11.7 Å². The molecule has 1 heterocycles. The molecule has 0 saturated heterocycles. The number of benzene rings is 1. The monoisotopic (exact) mass is 290 g/mol. The molecule has 0 bridgehead atoms. The molecule has 0 radical (unpaired) electrons. The molecule has 0 unspecified atom stereocenters. The van der Waals surface area contributed by atoms with Gasteiger partial charge in [-0.3, -0.25) is 9.59 Å². The molecule has 20 heavy (non-hydrogen) atoms. The predicted molar refractivity (Wildman–Crippen MR) is 77.5 cm³/mol. The quantitative estimate of drug-likeness (QED) is 0.811. The van der Waals surface area contributed by atoms with E-state index >= 15 is 0 Å². The third-order valence-corrected chi connectivity index (χ3v) is 3.63. The molecule has 0 aliphatic heterocycles. The smallest absolute Gasteiger partial charge is 0.250 e. The lowest BCUT2D eigenvalue weighted by Gasteiger charge is -2.08. The minimum Gasteiger partial charge on any atom is -0.366 e. The summed E-state index contributed by atoms with van der Waals surface area (Å²) in [4.78, 5) is 27.2. The summed E-state index contributed by atoms with van der Waals surface area (Å²) in [5.41, 5.74) is 5.97. The number of carbonyl (C=O) groups is 2. The van der Waals surface area contributed by atoms with Crippen molar-refractivity contribution in [1.29, 1.82) is 0 Å². The molecule has 1 aromatic carbocycles. The SMILES string of the molecule is Cn1ccnc1SCC(=O)Nc1ccccc1C(N)=O. The van der Waals surface area contributed by atoms with Crippen molar-refractivity contribution >= 4 is 29.3 Å². The van der Waals surface area contributed by atoms with Gasteiger partial charge in [0.2, 0.25) is 5.91 Å². The van der Waals surface area contributed by atoms with Crippen LogP contribution in [0.15, 0.2) is 41.8 Å². The van der Waals surface area contributed by atoms with Gasteiger partial charge >= 0.3 is 0 Å². The molecule has 1 aromatic heterocycles. The van der Waals surface area contributed by atoms with E-state index in [0.29, 0.717) is 11.3 Å². The summed E-state index contributed by atoms with van der Waals surface area (Å²) in [6.07, 6.45) is 3.48. The highest BCUT2D eigenvalue weighted by Gasteiger charge is 2.11. The third kappa shape index (κ3) is 3.39. The van der Waals surface area contributed by atoms with E-state index < -0.39 is 5.91 Å². The standard InChI is InChI=1S/C13H14N4O2S/c1-17-7-6-15-13(17)20-8-11(18)16-10-5-3-2-4-9(10)12(14)19/h2-7H,8H2,1H3,(H2,14,19)(H,16,18). The van der Waals surface area contributed by atoms with Crippen molar-refractivity contribution in [1.82, 2.24) is 9.55 Å². The molecule has 2 rings (SSSR count). The van der Waals surface area contributed by atoms with Crippen molar-refractivity contribution < 1.29 is 9.59 Å². The predicted octanol–water partition coefficient (Wildman–Crippen LogP) is 1.25. The molecule has 0 aliphatic rings. The number of nitrogens with one attached hydrogen (secondary N) is 1. The van der Waals surface area contributed by atoms with Gasteiger partial charge in [-0.25, -0.2) is 4.98 Å². The van der Waals surface area contributed by atoms with E-state index in [4.69, 9.17) is 5.73 Å². The Balaban J connectivity index is 1.98. The molecule has 0 saturated carbocycles. The van der Waals surface area contributed by atoms with Gasteiger partial charge in [-0.2, -0.15) is 0 Å². The minimum absolute atomic E-state index is 0.206. The maximum Gasteiger partial charge on any atom is 0.250 e. The minimum atomic E-state index is -0.572. The van der Waals surface area contributed by atoms with Gasteiger partial charge in [-0.05, 0) is 12.1 Å². The maximum absolute atomic E-state index is 11.9. The number of aryl methyl sites for hydroxylation is 1. The highest BCUT2D eigenvalue weighted by molar-refractivity contribution is 7.99. The van der Waals surface area contributed by atoms with Crippen LogP contribution in [-0.2, 0) is 11.8 Å². The number of imidazole rings is 1. The van der Waals surface area contributed by atoms with Crippen molar-refractivity contribution in [3.63, 3.8) is 0 Å². The van der Waals surface area contributed by atoms with Gasteiger partial charge in [0.1, 0.15) is 0 Å². The topological polar surface area (TPSA) is 90.0 Å². The van der Waals surface area contributed by atoms with E-state index in [9.17, 15) is 9.59 Å². The molecule has 0 atom stereocenters. The zero-order valence-corrected chi connectivity index (χ0v) is 11.7. The second-order valence-corrected chi connectivity index (χ2v) is 5.01. The summed E-state index contributed by atoms with van der Waals surface area (Å²) in [5.74, 6) is -0.581. The number of nitrogens with zero attached hydrogens (tertiary/aromatic N) is 2. The van der Waals surface area contributed by atoms with Gasteiger partial charge < -0.3 is 15.6 Å². The lowest BCUT2D eigenvalue weighted by molar-refractivity contribution is -0.113. The van der Waals surface area contributed by atoms with E-state index in [0.717, 1.165) is 5.16 Å². The van der Waals surface area contributed by atoms with Gasteiger partial charge in [0.25, 0.3) is 5.91 Å². The summed E-state index contributed by atoms with van der Waals surface area (Å²) in [7, 11) is 1.86. The molecule has 2 amide bonds. The van der Waals surface area contributed by atoms with E-state index in [1.807, 2.05) is 17.8 Å². The average molecular weight is 290 g/mol. The number of hydrogen-bond acceptors (Lipinski definition) is 4. The summed E-state index contributed by atoms with van der Waals surface area (Å²) in [5, 5.41) is 3.43. The Morgan fingerprint density at radius 1 is 1.40 bits per heavy atom. The first-order valence-electron chi connectivity index (χ1n) is 5.86. The van der Waals surface area contributed by atoms with Crippen LogP contribution in [-0.4, -0.2) is 27.1 Å². The fourth-order valence-corrected chi connectivity index (χ4v) is 2.35. The Morgan fingerprint density at radius 3 is 2.80 bits per heavy atom. The van der Waals surface area contributed by atoms with Crippen molar-refractivity contribution in [2.24, 2.45) is 12.8 Å². The van der Waals surface area contributed by atoms with Crippen LogP contribution in [0.4, 0.5) is 5.69 Å². The molecule has 0 fully saturated rings. The van der Waals surface area contributed by atoms with Gasteiger partial charge in [0, 0.05) is 19.4 Å². The zero-order valence-electron chi connectivity index (χ0n) is 10.9. The number of primary amides is 1. The molecule has 2 aromatic rings. The first-order chi connectivity index (χ1) is 9.58. The lowest BCUT2D eigenvalue weighted by atomic mass is 10.1. The van der Waals surface area contributed by atoms with Crippen LogP contribution in [0.3, 0.4) is 0 Å². The maximum atomic E-state index is 11.9. The Hall–Kier alpha value is -2.28. The molecule has 104 valence electrons. The summed E-state index contributed by atoms with van der Waals surface area (Å²) in [6, 6.07) is 6.64. The number of nitrogens with two attached hydrogens (primary N) is 1. The lowest BCUT2D eigenvalue weighted by Crippen LogP contribution is -2.19. The molecule has 3 N–H and O–H groups in total. The highest BCUT2D eigenvalue weighted by Crippen LogP contribution is 2.17. The van der Waals surface area contributed by atoms with Gasteiger partial charge in [0.05, 0.1) is 17.0 Å². The second-order valence-electron chi connectivity index (χ2n) is 4.07. The van der Waals surface area contributed by atoms with Crippen molar-refractivity contribution in [2.75, 3.05) is 11.1 Å². The molecule has 7 heteroatoms.